The maximum atomic E-state index is 12.5. The zero-order valence-corrected chi connectivity index (χ0v) is 14.1. The number of pyridine rings is 1. The molecule has 1 fully saturated rings. The van der Waals surface area contributed by atoms with Crippen LogP contribution in [0.3, 0.4) is 0 Å². The second kappa shape index (κ2) is 7.39. The second-order valence-electron chi connectivity index (χ2n) is 5.79. The molecule has 3 rings (SSSR count). The molecule has 1 saturated heterocycles. The van der Waals surface area contributed by atoms with Crippen LogP contribution in [0.25, 0.3) is 0 Å². The van der Waals surface area contributed by atoms with Crippen molar-refractivity contribution < 1.29 is 4.79 Å². The van der Waals surface area contributed by atoms with E-state index in [1.807, 2.05) is 29.2 Å². The Balaban J connectivity index is 1.57. The highest BCUT2D eigenvalue weighted by Crippen LogP contribution is 2.12. The average molecular weight is 338 g/mol. The summed E-state index contributed by atoms with van der Waals surface area (Å²) in [4.78, 5) is 19.6. The fourth-order valence-corrected chi connectivity index (χ4v) is 3.04. The standard InChI is InChI=1S/C18H18N4OS/c19-12-14-3-5-15(6-4-14)13-21-8-10-22(11-9-21)18(23)16-2-1-7-20-17(16)24/h1-7H,8-11,13H2,(H,20,24). The minimum atomic E-state index is -0.00475. The summed E-state index contributed by atoms with van der Waals surface area (Å²) in [7, 11) is 0. The highest BCUT2D eigenvalue weighted by atomic mass is 32.1. The average Bonchev–Trinajstić information content (AvgIpc) is 2.63. The number of hydrogen-bond acceptors (Lipinski definition) is 4. The highest BCUT2D eigenvalue weighted by molar-refractivity contribution is 7.71. The number of piperazine rings is 1. The van der Waals surface area contributed by atoms with Crippen molar-refractivity contribution in [1.82, 2.24) is 14.8 Å². The first-order chi connectivity index (χ1) is 11.7. The van der Waals surface area contributed by atoms with Gasteiger partial charge in [0, 0.05) is 38.9 Å². The third-order valence-electron chi connectivity index (χ3n) is 4.20. The van der Waals surface area contributed by atoms with Crippen molar-refractivity contribution >= 4 is 18.1 Å². The van der Waals surface area contributed by atoms with E-state index in [2.05, 4.69) is 16.0 Å². The fourth-order valence-electron chi connectivity index (χ4n) is 2.81. The van der Waals surface area contributed by atoms with Crippen molar-refractivity contribution in [3.05, 3.63) is 63.9 Å². The molecule has 5 nitrogen and oxygen atoms in total. The molecule has 1 aliphatic rings. The van der Waals surface area contributed by atoms with E-state index in [1.54, 1.807) is 18.3 Å². The van der Waals surface area contributed by atoms with Gasteiger partial charge in [0.25, 0.3) is 5.91 Å². The Morgan fingerprint density at radius 3 is 2.50 bits per heavy atom. The number of rotatable bonds is 3. The lowest BCUT2D eigenvalue weighted by Gasteiger charge is -2.34. The number of nitriles is 1. The molecule has 1 N–H and O–H groups in total. The zero-order valence-electron chi connectivity index (χ0n) is 13.2. The Bertz CT molecular complexity index is 814. The molecular formula is C18H18N4OS. The van der Waals surface area contributed by atoms with Gasteiger partial charge in [0.2, 0.25) is 0 Å². The lowest BCUT2D eigenvalue weighted by atomic mass is 10.1. The van der Waals surface area contributed by atoms with Gasteiger partial charge in [-0.1, -0.05) is 24.4 Å². The summed E-state index contributed by atoms with van der Waals surface area (Å²) in [6, 6.07) is 13.3. The minimum Gasteiger partial charge on any atom is -0.352 e. The van der Waals surface area contributed by atoms with Gasteiger partial charge in [-0.15, -0.1) is 0 Å². The topological polar surface area (TPSA) is 63.1 Å². The van der Waals surface area contributed by atoms with E-state index >= 15 is 0 Å². The second-order valence-corrected chi connectivity index (χ2v) is 6.20. The van der Waals surface area contributed by atoms with Crippen LogP contribution < -0.4 is 0 Å². The molecule has 0 saturated carbocycles. The smallest absolute Gasteiger partial charge is 0.256 e. The summed E-state index contributed by atoms with van der Waals surface area (Å²) >= 11 is 5.19. The monoisotopic (exact) mass is 338 g/mol. The predicted octanol–water partition coefficient (Wildman–Crippen LogP) is 2.57. The number of nitrogens with zero attached hydrogens (tertiary/aromatic N) is 3. The predicted molar refractivity (Wildman–Crippen MR) is 94.0 cm³/mol. The van der Waals surface area contributed by atoms with Gasteiger partial charge in [-0.3, -0.25) is 9.69 Å². The first kappa shape index (κ1) is 16.4. The Hall–Kier alpha value is -2.49. The number of benzene rings is 1. The van der Waals surface area contributed by atoms with E-state index < -0.39 is 0 Å². The maximum absolute atomic E-state index is 12.5. The molecule has 1 amide bonds. The van der Waals surface area contributed by atoms with Crippen LogP contribution in [0.5, 0.6) is 0 Å². The van der Waals surface area contributed by atoms with Crippen molar-refractivity contribution in [2.45, 2.75) is 6.54 Å². The van der Waals surface area contributed by atoms with Crippen LogP contribution in [0.1, 0.15) is 21.5 Å². The van der Waals surface area contributed by atoms with E-state index in [1.165, 1.54) is 5.56 Å². The third-order valence-corrected chi connectivity index (χ3v) is 4.54. The van der Waals surface area contributed by atoms with Crippen molar-refractivity contribution in [2.24, 2.45) is 0 Å². The Kier molecular flexibility index (Phi) is 5.04. The SMILES string of the molecule is N#Cc1ccc(CN2CCN(C(=O)c3ccc[nH]c3=S)CC2)cc1. The third kappa shape index (κ3) is 3.70. The molecule has 2 heterocycles. The summed E-state index contributed by atoms with van der Waals surface area (Å²) in [5.74, 6) is -0.00475. The number of aromatic amines is 1. The summed E-state index contributed by atoms with van der Waals surface area (Å²) in [6.07, 6.45) is 1.73. The fraction of sp³-hybridized carbons (Fsp3) is 0.278. The van der Waals surface area contributed by atoms with E-state index in [9.17, 15) is 4.79 Å². The molecule has 122 valence electrons. The van der Waals surface area contributed by atoms with Crippen molar-refractivity contribution in [2.75, 3.05) is 26.2 Å². The van der Waals surface area contributed by atoms with Gasteiger partial charge in [0.05, 0.1) is 17.2 Å². The van der Waals surface area contributed by atoms with E-state index in [4.69, 9.17) is 17.5 Å². The number of H-pyrrole nitrogens is 1. The molecule has 1 aromatic carbocycles. The normalized spacial score (nSPS) is 15.0. The Labute approximate surface area is 146 Å². The molecule has 0 atom stereocenters. The molecule has 1 aromatic heterocycles. The van der Waals surface area contributed by atoms with Crippen LogP contribution >= 0.6 is 12.2 Å². The Morgan fingerprint density at radius 2 is 1.88 bits per heavy atom. The van der Waals surface area contributed by atoms with Crippen molar-refractivity contribution in [1.29, 1.82) is 5.26 Å². The van der Waals surface area contributed by atoms with Crippen LogP contribution in [0.4, 0.5) is 0 Å². The molecule has 0 aliphatic carbocycles. The molecule has 0 radical (unpaired) electrons. The largest absolute Gasteiger partial charge is 0.352 e. The van der Waals surface area contributed by atoms with E-state index in [0.29, 0.717) is 28.9 Å². The molecule has 1 aliphatic heterocycles. The lowest BCUT2D eigenvalue weighted by molar-refractivity contribution is 0.0627. The van der Waals surface area contributed by atoms with Crippen LogP contribution in [0.2, 0.25) is 0 Å². The molecule has 2 aromatic rings. The zero-order chi connectivity index (χ0) is 16.9. The number of carbonyl (C=O) groups is 1. The summed E-state index contributed by atoms with van der Waals surface area (Å²) < 4.78 is 0.488. The number of carbonyl (C=O) groups excluding carboxylic acids is 1. The summed E-state index contributed by atoms with van der Waals surface area (Å²) in [5, 5.41) is 8.84. The van der Waals surface area contributed by atoms with Crippen molar-refractivity contribution in [3.8, 4) is 6.07 Å². The molecule has 24 heavy (non-hydrogen) atoms. The molecule has 0 spiro atoms. The van der Waals surface area contributed by atoms with Gasteiger partial charge in [0.15, 0.2) is 0 Å². The lowest BCUT2D eigenvalue weighted by Crippen LogP contribution is -2.48. The van der Waals surface area contributed by atoms with Gasteiger partial charge in [-0.2, -0.15) is 5.26 Å². The molecule has 0 unspecified atom stereocenters. The molecular weight excluding hydrogens is 320 g/mol. The van der Waals surface area contributed by atoms with Gasteiger partial charge >= 0.3 is 0 Å². The first-order valence-electron chi connectivity index (χ1n) is 7.86. The van der Waals surface area contributed by atoms with Gasteiger partial charge in [-0.25, -0.2) is 0 Å². The quantitative estimate of drug-likeness (QED) is 0.874. The molecule has 6 heteroatoms. The van der Waals surface area contributed by atoms with Gasteiger partial charge in [0.1, 0.15) is 4.64 Å². The Morgan fingerprint density at radius 1 is 1.17 bits per heavy atom. The van der Waals surface area contributed by atoms with Gasteiger partial charge < -0.3 is 9.88 Å². The minimum absolute atomic E-state index is 0.00475. The number of aromatic nitrogens is 1. The van der Waals surface area contributed by atoms with Crippen molar-refractivity contribution in [3.63, 3.8) is 0 Å². The first-order valence-corrected chi connectivity index (χ1v) is 8.26. The van der Waals surface area contributed by atoms with Crippen LogP contribution in [-0.2, 0) is 6.54 Å². The summed E-state index contributed by atoms with van der Waals surface area (Å²) in [6.45, 7) is 3.88. The maximum Gasteiger partial charge on any atom is 0.256 e. The number of amides is 1. The van der Waals surface area contributed by atoms with E-state index in [0.717, 1.165) is 19.6 Å². The van der Waals surface area contributed by atoms with E-state index in [-0.39, 0.29) is 5.91 Å². The summed E-state index contributed by atoms with van der Waals surface area (Å²) in [5.41, 5.74) is 2.42. The van der Waals surface area contributed by atoms with Crippen LogP contribution in [-0.4, -0.2) is 46.9 Å². The highest BCUT2D eigenvalue weighted by Gasteiger charge is 2.22. The number of nitrogens with one attached hydrogen (secondary N) is 1. The van der Waals surface area contributed by atoms with Crippen LogP contribution in [0.15, 0.2) is 42.6 Å². The number of hydrogen-bond donors (Lipinski definition) is 1. The van der Waals surface area contributed by atoms with Gasteiger partial charge in [-0.05, 0) is 29.8 Å². The molecule has 0 bridgehead atoms. The van der Waals surface area contributed by atoms with Crippen LogP contribution in [0, 0.1) is 16.0 Å².